The van der Waals surface area contributed by atoms with Crippen LogP contribution in [0.3, 0.4) is 0 Å². The van der Waals surface area contributed by atoms with Crippen LogP contribution in [0.15, 0.2) is 48.5 Å². The highest BCUT2D eigenvalue weighted by Gasteiger charge is 2.19. The molecule has 1 amide bonds. The Morgan fingerprint density at radius 2 is 1.71 bits per heavy atom. The number of hydrogen-bond donors (Lipinski definition) is 1. The van der Waals surface area contributed by atoms with Gasteiger partial charge >= 0.3 is 0 Å². The van der Waals surface area contributed by atoms with Crippen LogP contribution >= 0.6 is 0 Å². The summed E-state index contributed by atoms with van der Waals surface area (Å²) in [6.45, 7) is 8.22. The molecular formula is C25H33N5O. The van der Waals surface area contributed by atoms with Crippen LogP contribution in [0.4, 0.5) is 5.69 Å². The van der Waals surface area contributed by atoms with E-state index in [1.165, 1.54) is 5.56 Å². The molecule has 0 aliphatic carbocycles. The van der Waals surface area contributed by atoms with Crippen molar-refractivity contribution in [2.24, 2.45) is 7.05 Å². The number of nitrogens with one attached hydrogen (secondary N) is 1. The molecule has 164 valence electrons. The number of imidazole rings is 1. The lowest BCUT2D eigenvalue weighted by molar-refractivity contribution is -0.116. The number of hydrogen-bond acceptors (Lipinski definition) is 4. The van der Waals surface area contributed by atoms with Crippen molar-refractivity contribution in [3.05, 3.63) is 59.9 Å². The van der Waals surface area contributed by atoms with Crippen LogP contribution in [0.25, 0.3) is 11.0 Å². The van der Waals surface area contributed by atoms with Gasteiger partial charge in [0.15, 0.2) is 0 Å². The maximum Gasteiger partial charge on any atom is 0.224 e. The molecule has 0 radical (unpaired) electrons. The third-order valence-electron chi connectivity index (χ3n) is 6.09. The van der Waals surface area contributed by atoms with Crippen LogP contribution in [-0.4, -0.2) is 51.4 Å². The largest absolute Gasteiger partial charge is 0.330 e. The molecule has 1 aliphatic heterocycles. The minimum absolute atomic E-state index is 0.0747. The molecule has 4 rings (SSSR count). The maximum absolute atomic E-state index is 12.0. The number of nitrogens with zero attached hydrogens (tertiary/aromatic N) is 4. The van der Waals surface area contributed by atoms with Crippen LogP contribution < -0.4 is 5.32 Å². The molecule has 1 fully saturated rings. The van der Waals surface area contributed by atoms with E-state index in [0.29, 0.717) is 6.42 Å². The van der Waals surface area contributed by atoms with Crippen molar-refractivity contribution in [2.75, 3.05) is 31.5 Å². The number of aryl methyl sites for hydroxylation is 1. The number of unbranched alkanes of at least 4 members (excludes halogenated alkanes) is 1. The number of fused-ring (bicyclic) bond motifs is 1. The van der Waals surface area contributed by atoms with Gasteiger partial charge in [-0.15, -0.1) is 0 Å². The number of carbonyl (C=O) groups excluding carboxylic acids is 1. The quantitative estimate of drug-likeness (QED) is 0.599. The topological polar surface area (TPSA) is 53.4 Å². The lowest BCUT2D eigenvalue weighted by Crippen LogP contribution is -2.45. The first-order chi connectivity index (χ1) is 15.1. The van der Waals surface area contributed by atoms with Gasteiger partial charge in [0.25, 0.3) is 0 Å². The Morgan fingerprint density at radius 1 is 1.00 bits per heavy atom. The summed E-state index contributed by atoms with van der Waals surface area (Å²) in [5, 5.41) is 3.00. The van der Waals surface area contributed by atoms with Crippen LogP contribution in [-0.2, 0) is 24.9 Å². The summed E-state index contributed by atoms with van der Waals surface area (Å²) in [5.41, 5.74) is 4.24. The van der Waals surface area contributed by atoms with Crippen LogP contribution in [0, 0.1) is 0 Å². The molecule has 1 N–H and O–H groups in total. The van der Waals surface area contributed by atoms with E-state index in [1.807, 2.05) is 12.1 Å². The van der Waals surface area contributed by atoms with E-state index >= 15 is 0 Å². The minimum Gasteiger partial charge on any atom is -0.330 e. The molecule has 0 atom stereocenters. The molecule has 0 bridgehead atoms. The minimum atomic E-state index is 0.0747. The van der Waals surface area contributed by atoms with Crippen LogP contribution in [0.2, 0.25) is 0 Å². The van der Waals surface area contributed by atoms with Gasteiger partial charge in [-0.05, 0) is 30.2 Å². The van der Waals surface area contributed by atoms with Gasteiger partial charge in [-0.1, -0.05) is 43.7 Å². The van der Waals surface area contributed by atoms with Gasteiger partial charge in [-0.2, -0.15) is 0 Å². The van der Waals surface area contributed by atoms with Gasteiger partial charge < -0.3 is 9.88 Å². The fourth-order valence-electron chi connectivity index (χ4n) is 4.18. The Labute approximate surface area is 184 Å². The van der Waals surface area contributed by atoms with Gasteiger partial charge in [-0.3, -0.25) is 14.6 Å². The summed E-state index contributed by atoms with van der Waals surface area (Å²) in [4.78, 5) is 21.9. The Kier molecular flexibility index (Phi) is 6.99. The average molecular weight is 420 g/mol. The first kappa shape index (κ1) is 21.5. The molecule has 3 aromatic rings. The van der Waals surface area contributed by atoms with Crippen LogP contribution in [0.5, 0.6) is 0 Å². The van der Waals surface area contributed by atoms with E-state index in [-0.39, 0.29) is 5.91 Å². The number of piperazine rings is 1. The lowest BCUT2D eigenvalue weighted by Gasteiger charge is -2.34. The summed E-state index contributed by atoms with van der Waals surface area (Å²) < 4.78 is 2.17. The van der Waals surface area contributed by atoms with E-state index < -0.39 is 0 Å². The highest BCUT2D eigenvalue weighted by molar-refractivity contribution is 5.93. The van der Waals surface area contributed by atoms with Gasteiger partial charge in [0.2, 0.25) is 5.91 Å². The third-order valence-corrected chi connectivity index (χ3v) is 6.09. The number of aromatic nitrogens is 2. The van der Waals surface area contributed by atoms with Gasteiger partial charge in [-0.25, -0.2) is 4.98 Å². The number of amides is 1. The summed E-state index contributed by atoms with van der Waals surface area (Å²) >= 11 is 0. The summed E-state index contributed by atoms with van der Waals surface area (Å²) in [6.07, 6.45) is 2.51. The van der Waals surface area contributed by atoms with Gasteiger partial charge in [0, 0.05) is 51.9 Å². The monoisotopic (exact) mass is 419 g/mol. The zero-order chi connectivity index (χ0) is 21.6. The SMILES string of the molecule is CCCCC(=O)Nc1ccc2c(c1)nc(CN1CCN(Cc3ccccc3)CC1)n2C. The van der Waals surface area contributed by atoms with Crippen molar-refractivity contribution < 1.29 is 4.79 Å². The molecule has 6 heteroatoms. The third kappa shape index (κ3) is 5.51. The second-order valence-corrected chi connectivity index (χ2v) is 8.48. The average Bonchev–Trinajstić information content (AvgIpc) is 3.09. The van der Waals surface area contributed by atoms with E-state index in [0.717, 1.165) is 74.7 Å². The summed E-state index contributed by atoms with van der Waals surface area (Å²) in [7, 11) is 2.08. The lowest BCUT2D eigenvalue weighted by atomic mass is 10.2. The second-order valence-electron chi connectivity index (χ2n) is 8.48. The molecule has 1 saturated heterocycles. The predicted octanol–water partition coefficient (Wildman–Crippen LogP) is 4.02. The number of benzene rings is 2. The number of rotatable bonds is 8. The summed E-state index contributed by atoms with van der Waals surface area (Å²) in [6, 6.07) is 16.7. The number of anilines is 1. The molecule has 1 aliphatic rings. The Balaban J connectivity index is 1.35. The molecular weight excluding hydrogens is 386 g/mol. The maximum atomic E-state index is 12.0. The molecule has 6 nitrogen and oxygen atoms in total. The molecule has 2 heterocycles. The molecule has 2 aromatic carbocycles. The van der Waals surface area contributed by atoms with Crippen molar-refractivity contribution in [3.63, 3.8) is 0 Å². The Hall–Kier alpha value is -2.70. The van der Waals surface area contributed by atoms with Crippen molar-refractivity contribution >= 4 is 22.6 Å². The fourth-order valence-corrected chi connectivity index (χ4v) is 4.18. The van der Waals surface area contributed by atoms with Crippen molar-refractivity contribution in [2.45, 2.75) is 39.3 Å². The highest BCUT2D eigenvalue weighted by Crippen LogP contribution is 2.21. The normalized spacial score (nSPS) is 15.4. The highest BCUT2D eigenvalue weighted by atomic mass is 16.1. The molecule has 1 aromatic heterocycles. The van der Waals surface area contributed by atoms with Crippen LogP contribution in [0.1, 0.15) is 37.6 Å². The van der Waals surface area contributed by atoms with E-state index in [4.69, 9.17) is 4.98 Å². The summed E-state index contributed by atoms with van der Waals surface area (Å²) in [5.74, 6) is 1.15. The fraction of sp³-hybridized carbons (Fsp3) is 0.440. The Morgan fingerprint density at radius 3 is 2.42 bits per heavy atom. The zero-order valence-electron chi connectivity index (χ0n) is 18.7. The second kappa shape index (κ2) is 10.1. The smallest absolute Gasteiger partial charge is 0.224 e. The zero-order valence-corrected chi connectivity index (χ0v) is 18.7. The van der Waals surface area contributed by atoms with Gasteiger partial charge in [0.1, 0.15) is 5.82 Å². The van der Waals surface area contributed by atoms with Crippen molar-refractivity contribution in [1.29, 1.82) is 0 Å². The van der Waals surface area contributed by atoms with E-state index in [1.54, 1.807) is 0 Å². The molecule has 31 heavy (non-hydrogen) atoms. The van der Waals surface area contributed by atoms with E-state index in [9.17, 15) is 4.79 Å². The number of carbonyl (C=O) groups is 1. The standard InChI is InChI=1S/C25H33N5O/c1-3-4-10-25(31)26-21-11-12-23-22(17-21)27-24(28(23)2)19-30-15-13-29(14-16-30)18-20-8-6-5-7-9-20/h5-9,11-12,17H,3-4,10,13-16,18-19H2,1-2H3,(H,26,31). The first-order valence-electron chi connectivity index (χ1n) is 11.4. The first-order valence-corrected chi connectivity index (χ1v) is 11.4. The molecule has 0 spiro atoms. The molecule has 0 unspecified atom stereocenters. The predicted molar refractivity (Wildman–Crippen MR) is 126 cm³/mol. The van der Waals surface area contributed by atoms with Crippen molar-refractivity contribution in [3.8, 4) is 0 Å². The van der Waals surface area contributed by atoms with E-state index in [2.05, 4.69) is 70.1 Å². The Bertz CT molecular complexity index is 1010. The molecule has 0 saturated carbocycles. The van der Waals surface area contributed by atoms with Crippen molar-refractivity contribution in [1.82, 2.24) is 19.4 Å². The van der Waals surface area contributed by atoms with Gasteiger partial charge in [0.05, 0.1) is 17.6 Å².